The van der Waals surface area contributed by atoms with E-state index in [2.05, 4.69) is 4.98 Å². The summed E-state index contributed by atoms with van der Waals surface area (Å²) in [5.41, 5.74) is 6.12. The lowest BCUT2D eigenvalue weighted by Crippen LogP contribution is -2.26. The molecule has 1 aromatic heterocycles. The van der Waals surface area contributed by atoms with E-state index >= 15 is 0 Å². The molecule has 0 radical (unpaired) electrons. The number of hydrogen-bond acceptors (Lipinski definition) is 4. The summed E-state index contributed by atoms with van der Waals surface area (Å²) >= 11 is 0. The molecule has 1 aliphatic heterocycles. The average Bonchev–Trinajstić information content (AvgIpc) is 2.71. The fourth-order valence-electron chi connectivity index (χ4n) is 1.87. The Morgan fingerprint density at radius 1 is 1.56 bits per heavy atom. The van der Waals surface area contributed by atoms with Crippen LogP contribution in [0.25, 0.3) is 0 Å². The molecule has 1 fully saturated rings. The van der Waals surface area contributed by atoms with Gasteiger partial charge in [0.15, 0.2) is 0 Å². The first-order chi connectivity index (χ1) is 7.74. The van der Waals surface area contributed by atoms with E-state index in [-0.39, 0.29) is 18.4 Å². The number of hydrogen-bond donors (Lipinski definition) is 2. The SMILES string of the molecule is NCC1CC(=O)N(c2cccc(CO)n2)C1. The van der Waals surface area contributed by atoms with Crippen LogP contribution in [0.15, 0.2) is 18.2 Å². The summed E-state index contributed by atoms with van der Waals surface area (Å²) in [5, 5.41) is 8.98. The van der Waals surface area contributed by atoms with Crippen LogP contribution in [0.2, 0.25) is 0 Å². The first-order valence-electron chi connectivity index (χ1n) is 5.32. The number of aliphatic hydroxyl groups excluding tert-OH is 1. The first-order valence-corrected chi connectivity index (χ1v) is 5.32. The lowest BCUT2D eigenvalue weighted by Gasteiger charge is -2.15. The number of carbonyl (C=O) groups excluding carboxylic acids is 1. The van der Waals surface area contributed by atoms with Gasteiger partial charge in [0, 0.05) is 13.0 Å². The highest BCUT2D eigenvalue weighted by Crippen LogP contribution is 2.22. The summed E-state index contributed by atoms with van der Waals surface area (Å²) < 4.78 is 0. The minimum Gasteiger partial charge on any atom is -0.390 e. The summed E-state index contributed by atoms with van der Waals surface area (Å²) in [7, 11) is 0. The number of anilines is 1. The maximum Gasteiger partial charge on any atom is 0.228 e. The van der Waals surface area contributed by atoms with Crippen LogP contribution >= 0.6 is 0 Å². The van der Waals surface area contributed by atoms with Gasteiger partial charge in [0.1, 0.15) is 5.82 Å². The Balaban J connectivity index is 2.20. The van der Waals surface area contributed by atoms with Crippen molar-refractivity contribution in [2.75, 3.05) is 18.0 Å². The second-order valence-corrected chi connectivity index (χ2v) is 3.96. The molecule has 2 heterocycles. The molecule has 0 spiro atoms. The second kappa shape index (κ2) is 4.59. The lowest BCUT2D eigenvalue weighted by atomic mass is 10.1. The van der Waals surface area contributed by atoms with Gasteiger partial charge in [-0.2, -0.15) is 0 Å². The van der Waals surface area contributed by atoms with Gasteiger partial charge in [-0.15, -0.1) is 0 Å². The molecule has 0 aliphatic carbocycles. The molecule has 3 N–H and O–H groups in total. The molecule has 5 nitrogen and oxygen atoms in total. The molecule has 0 bridgehead atoms. The van der Waals surface area contributed by atoms with Crippen LogP contribution in [0.3, 0.4) is 0 Å². The van der Waals surface area contributed by atoms with Crippen molar-refractivity contribution in [1.29, 1.82) is 0 Å². The number of aromatic nitrogens is 1. The van der Waals surface area contributed by atoms with E-state index in [9.17, 15) is 4.79 Å². The first kappa shape index (κ1) is 11.0. The zero-order valence-electron chi connectivity index (χ0n) is 8.97. The van der Waals surface area contributed by atoms with Crippen LogP contribution in [0.1, 0.15) is 12.1 Å². The van der Waals surface area contributed by atoms with Crippen LogP contribution in [-0.2, 0) is 11.4 Å². The van der Waals surface area contributed by atoms with Crippen LogP contribution in [0.4, 0.5) is 5.82 Å². The van der Waals surface area contributed by atoms with Crippen molar-refractivity contribution in [3.8, 4) is 0 Å². The van der Waals surface area contributed by atoms with E-state index < -0.39 is 0 Å². The van der Waals surface area contributed by atoms with Gasteiger partial charge in [-0.3, -0.25) is 9.69 Å². The third-order valence-corrected chi connectivity index (χ3v) is 2.77. The van der Waals surface area contributed by atoms with Crippen molar-refractivity contribution in [1.82, 2.24) is 4.98 Å². The Hall–Kier alpha value is -1.46. The molecule has 1 saturated heterocycles. The van der Waals surface area contributed by atoms with Gasteiger partial charge in [-0.1, -0.05) is 6.07 Å². The molecular weight excluding hydrogens is 206 g/mol. The summed E-state index contributed by atoms with van der Waals surface area (Å²) in [5.74, 6) is 0.873. The fourth-order valence-corrected chi connectivity index (χ4v) is 1.87. The van der Waals surface area contributed by atoms with Gasteiger partial charge in [-0.25, -0.2) is 4.98 Å². The van der Waals surface area contributed by atoms with Crippen molar-refractivity contribution < 1.29 is 9.90 Å². The van der Waals surface area contributed by atoms with Gasteiger partial charge in [0.25, 0.3) is 0 Å². The third kappa shape index (κ3) is 2.05. The second-order valence-electron chi connectivity index (χ2n) is 3.96. The molecule has 1 atom stereocenters. The molecule has 5 heteroatoms. The van der Waals surface area contributed by atoms with Crippen LogP contribution in [-0.4, -0.2) is 29.1 Å². The lowest BCUT2D eigenvalue weighted by molar-refractivity contribution is -0.117. The molecule has 1 aliphatic rings. The van der Waals surface area contributed by atoms with Gasteiger partial charge in [0.2, 0.25) is 5.91 Å². The quantitative estimate of drug-likeness (QED) is 0.746. The standard InChI is InChI=1S/C11H15N3O2/c12-5-8-4-11(16)14(6-8)10-3-1-2-9(7-15)13-10/h1-3,8,15H,4-7,12H2. The van der Waals surface area contributed by atoms with E-state index in [1.54, 1.807) is 23.1 Å². The number of pyridine rings is 1. The number of amides is 1. The van der Waals surface area contributed by atoms with E-state index in [1.165, 1.54) is 0 Å². The van der Waals surface area contributed by atoms with Crippen molar-refractivity contribution in [3.05, 3.63) is 23.9 Å². The Kier molecular flexibility index (Phi) is 3.17. The van der Waals surface area contributed by atoms with Gasteiger partial charge >= 0.3 is 0 Å². The Morgan fingerprint density at radius 3 is 3.00 bits per heavy atom. The molecule has 0 saturated carbocycles. The number of carbonyl (C=O) groups is 1. The topological polar surface area (TPSA) is 79.5 Å². The van der Waals surface area contributed by atoms with Crippen LogP contribution < -0.4 is 10.6 Å². The Morgan fingerprint density at radius 2 is 2.38 bits per heavy atom. The maximum atomic E-state index is 11.7. The van der Waals surface area contributed by atoms with Crippen molar-refractivity contribution >= 4 is 11.7 Å². The van der Waals surface area contributed by atoms with E-state index in [0.717, 1.165) is 0 Å². The van der Waals surface area contributed by atoms with Crippen LogP contribution in [0.5, 0.6) is 0 Å². The number of nitrogens with zero attached hydrogens (tertiary/aromatic N) is 2. The fraction of sp³-hybridized carbons (Fsp3) is 0.455. The summed E-state index contributed by atoms with van der Waals surface area (Å²) in [6, 6.07) is 5.29. The predicted octanol–water partition coefficient (Wildman–Crippen LogP) is -0.115. The Bertz CT molecular complexity index is 395. The Labute approximate surface area is 93.9 Å². The van der Waals surface area contributed by atoms with Crippen molar-refractivity contribution in [2.45, 2.75) is 13.0 Å². The van der Waals surface area contributed by atoms with E-state index in [4.69, 9.17) is 10.8 Å². The minimum absolute atomic E-state index is 0.0537. The monoisotopic (exact) mass is 221 g/mol. The molecule has 86 valence electrons. The maximum absolute atomic E-state index is 11.7. The van der Waals surface area contributed by atoms with Crippen molar-refractivity contribution in [3.63, 3.8) is 0 Å². The zero-order valence-corrected chi connectivity index (χ0v) is 8.97. The van der Waals surface area contributed by atoms with E-state index in [1.807, 2.05) is 0 Å². The summed E-state index contributed by atoms with van der Waals surface area (Å²) in [6.45, 7) is 1.02. The highest BCUT2D eigenvalue weighted by atomic mass is 16.3. The molecule has 1 amide bonds. The molecule has 2 rings (SSSR count). The predicted molar refractivity (Wildman–Crippen MR) is 59.7 cm³/mol. The van der Waals surface area contributed by atoms with Crippen LogP contribution in [0, 0.1) is 5.92 Å². The largest absolute Gasteiger partial charge is 0.390 e. The van der Waals surface area contributed by atoms with Crippen molar-refractivity contribution in [2.24, 2.45) is 11.7 Å². The zero-order chi connectivity index (χ0) is 11.5. The van der Waals surface area contributed by atoms with Gasteiger partial charge < -0.3 is 10.8 Å². The minimum atomic E-state index is -0.115. The smallest absolute Gasteiger partial charge is 0.228 e. The highest BCUT2D eigenvalue weighted by molar-refractivity contribution is 5.94. The molecule has 0 aromatic carbocycles. The van der Waals surface area contributed by atoms with E-state index in [0.29, 0.717) is 31.0 Å². The highest BCUT2D eigenvalue weighted by Gasteiger charge is 2.30. The summed E-state index contributed by atoms with van der Waals surface area (Å²) in [6.07, 6.45) is 0.488. The number of aliphatic hydroxyl groups is 1. The normalized spacial score (nSPS) is 20.5. The van der Waals surface area contributed by atoms with Gasteiger partial charge in [-0.05, 0) is 24.6 Å². The third-order valence-electron chi connectivity index (χ3n) is 2.77. The number of nitrogens with two attached hydrogens (primary N) is 1. The molecular formula is C11H15N3O2. The molecule has 1 unspecified atom stereocenters. The average molecular weight is 221 g/mol. The molecule has 16 heavy (non-hydrogen) atoms. The van der Waals surface area contributed by atoms with Gasteiger partial charge in [0.05, 0.1) is 12.3 Å². The molecule has 1 aromatic rings. The number of rotatable bonds is 3. The summed E-state index contributed by atoms with van der Waals surface area (Å²) in [4.78, 5) is 17.6.